The molecular weight excluding hydrogens is 1510 g/mol. The Balaban J connectivity index is 0.000000180. The number of H-pyrrole nitrogens is 1. The Morgan fingerprint density at radius 2 is 0.886 bits per heavy atom. The number of furan rings is 1. The molecule has 12 rings (SSSR count). The Kier molecular flexibility index (Phi) is 35.7. The molecule has 31 heteroatoms. The Morgan fingerprint density at radius 3 is 1.34 bits per heavy atom. The van der Waals surface area contributed by atoms with Crippen molar-refractivity contribution in [2.24, 2.45) is 0 Å². The van der Waals surface area contributed by atoms with Crippen LogP contribution in [0.15, 0.2) is 46.5 Å². The number of ether oxygens (including phenoxy) is 1. The van der Waals surface area contributed by atoms with E-state index in [0.29, 0.717) is 133 Å². The number of hydrogen-bond acceptors (Lipinski definition) is 25. The van der Waals surface area contributed by atoms with Gasteiger partial charge in [-0.15, -0.1) is 19.3 Å². The number of terminal acetylenes is 3. The van der Waals surface area contributed by atoms with Crippen molar-refractivity contribution in [3.8, 4) is 108 Å². The van der Waals surface area contributed by atoms with Gasteiger partial charge in [-0.05, 0) is 89.8 Å². The molecular formula is C83H100BrN25O5. The fourth-order valence-corrected chi connectivity index (χ4v) is 12.0. The highest BCUT2D eigenvalue weighted by molar-refractivity contribution is 9.10. The van der Waals surface area contributed by atoms with Crippen molar-refractivity contribution in [2.45, 2.75) is 239 Å². The lowest BCUT2D eigenvalue weighted by Crippen LogP contribution is -2.33. The van der Waals surface area contributed by atoms with Crippen LogP contribution >= 0.6 is 15.9 Å². The number of halogens is 1. The number of aliphatic hydroxyl groups excluding tert-OH is 3. The average molecular weight is 1610 g/mol. The number of aromatic nitrogens is 20. The first-order valence-corrected chi connectivity index (χ1v) is 39.4. The number of nitrogens with zero attached hydrogens (tertiary/aromatic N) is 19. The first-order valence-electron chi connectivity index (χ1n) is 38.6. The molecule has 11 aromatic heterocycles. The molecule has 4 atom stereocenters. The second-order valence-electron chi connectivity index (χ2n) is 26.3. The number of nitrogens with one attached hydrogen (secondary N) is 1. The number of rotatable bonds is 26. The first kappa shape index (κ1) is 87.4. The van der Waals surface area contributed by atoms with Crippen molar-refractivity contribution in [2.75, 3.05) is 35.3 Å². The fourth-order valence-electron chi connectivity index (χ4n) is 11.5. The second kappa shape index (κ2) is 46.6. The molecule has 1 aliphatic rings. The molecule has 11 aromatic rings. The largest absolute Gasteiger partial charge is 0.461 e. The number of aromatic amines is 1. The van der Waals surface area contributed by atoms with Crippen LogP contribution in [0.1, 0.15) is 230 Å². The third-order valence-corrected chi connectivity index (χ3v) is 18.1. The molecule has 0 saturated carbocycles. The predicted octanol–water partition coefficient (Wildman–Crippen LogP) is 11.7. The average Bonchev–Trinajstić information content (AvgIpc) is 1.74. The van der Waals surface area contributed by atoms with Gasteiger partial charge in [0.05, 0.1) is 51.5 Å². The lowest BCUT2D eigenvalue weighted by atomic mass is 10.1. The summed E-state index contributed by atoms with van der Waals surface area (Å²) in [5, 5.41) is 29.5. The topological polar surface area (TPSA) is 442 Å². The minimum Gasteiger partial charge on any atom is -0.461 e. The summed E-state index contributed by atoms with van der Waals surface area (Å²) in [6.07, 6.45) is 45.9. The van der Waals surface area contributed by atoms with Gasteiger partial charge >= 0.3 is 0 Å². The van der Waals surface area contributed by atoms with Gasteiger partial charge in [-0.2, -0.15) is 4.98 Å². The summed E-state index contributed by atoms with van der Waals surface area (Å²) in [6.45, 7) is 11.6. The molecule has 12 heterocycles. The van der Waals surface area contributed by atoms with E-state index in [-0.39, 0.29) is 17.5 Å². The summed E-state index contributed by atoms with van der Waals surface area (Å²) in [6, 6.07) is 3.61. The zero-order valence-corrected chi connectivity index (χ0v) is 67.0. The van der Waals surface area contributed by atoms with Gasteiger partial charge < -0.3 is 62.7 Å². The molecule has 14 N–H and O–H groups in total. The van der Waals surface area contributed by atoms with Gasteiger partial charge in [-0.25, -0.2) is 69.8 Å². The van der Waals surface area contributed by atoms with Crippen LogP contribution in [-0.2, 0) is 24.4 Å². The SMILES string of the molecule is C#CCn1c(-c2ccco2)nc2c(N)nc(C#CCCCCCC)nc21.C#CCn1c(Br)nc2c(N)nc(C#CCCCCCC)nc21.C#CCn1cnc2c(N)nc(C#CCCCCCC)nc21.CCCCCCC#Cc1nc(N)c2[nH]cnc2n1.CCCCCCC#Cc1nc(N)c2ncn(C3O[C@H](CO)[C@@H](O)[C@H]3O)c2n1. The van der Waals surface area contributed by atoms with Crippen LogP contribution in [0.5, 0.6) is 0 Å². The van der Waals surface area contributed by atoms with Crippen LogP contribution < -0.4 is 28.7 Å². The summed E-state index contributed by atoms with van der Waals surface area (Å²) >= 11 is 3.35. The monoisotopic (exact) mass is 1610 g/mol. The number of aliphatic hydroxyl groups is 3. The molecule has 0 radical (unpaired) electrons. The van der Waals surface area contributed by atoms with Gasteiger partial charge in [-0.3, -0.25) is 13.7 Å². The van der Waals surface area contributed by atoms with Gasteiger partial charge in [-0.1, -0.05) is 178 Å². The summed E-state index contributed by atoms with van der Waals surface area (Å²) in [5.74, 6) is 42.6. The van der Waals surface area contributed by atoms with Gasteiger partial charge in [0.15, 0.2) is 90.9 Å². The normalized spacial score (nSPS) is 13.7. The van der Waals surface area contributed by atoms with E-state index < -0.39 is 31.1 Å². The highest BCUT2D eigenvalue weighted by Crippen LogP contribution is 2.33. The summed E-state index contributed by atoms with van der Waals surface area (Å²) in [5.41, 5.74) is 35.0. The van der Waals surface area contributed by atoms with E-state index in [0.717, 1.165) is 70.6 Å². The highest BCUT2D eigenvalue weighted by Gasteiger charge is 2.44. The Labute approximate surface area is 673 Å². The molecule has 30 nitrogen and oxygen atoms in total. The lowest BCUT2D eigenvalue weighted by molar-refractivity contribution is -0.0511. The second-order valence-corrected chi connectivity index (χ2v) is 27.1. The molecule has 0 aliphatic carbocycles. The molecule has 0 amide bonds. The number of hydrogen-bond donors (Lipinski definition) is 9. The third kappa shape index (κ3) is 24.9. The van der Waals surface area contributed by atoms with Crippen LogP contribution in [0.3, 0.4) is 0 Å². The Hall–Kier alpha value is -12.2. The predicted molar refractivity (Wildman–Crippen MR) is 448 cm³/mol. The van der Waals surface area contributed by atoms with Crippen LogP contribution in [-0.4, -0.2) is 138 Å². The zero-order chi connectivity index (χ0) is 81.6. The number of anilines is 5. The van der Waals surface area contributed by atoms with Crippen molar-refractivity contribution < 1.29 is 24.5 Å². The van der Waals surface area contributed by atoms with E-state index in [2.05, 4.69) is 207 Å². The molecule has 594 valence electrons. The van der Waals surface area contributed by atoms with Crippen LogP contribution in [0.4, 0.5) is 29.1 Å². The lowest BCUT2D eigenvalue weighted by Gasteiger charge is -2.16. The van der Waals surface area contributed by atoms with Crippen molar-refractivity contribution in [1.29, 1.82) is 0 Å². The molecule has 114 heavy (non-hydrogen) atoms. The summed E-state index contributed by atoms with van der Waals surface area (Å²) in [7, 11) is 0. The van der Waals surface area contributed by atoms with Gasteiger partial charge in [0, 0.05) is 32.1 Å². The van der Waals surface area contributed by atoms with Crippen molar-refractivity contribution >= 4 is 101 Å². The van der Waals surface area contributed by atoms with Gasteiger partial charge in [0.25, 0.3) is 0 Å². The molecule has 0 spiro atoms. The molecule has 1 fully saturated rings. The smallest absolute Gasteiger partial charge is 0.209 e. The molecule has 0 bridgehead atoms. The summed E-state index contributed by atoms with van der Waals surface area (Å²) in [4.78, 5) is 67.0. The quantitative estimate of drug-likeness (QED) is 0.0138. The first-order chi connectivity index (χ1) is 55.5. The standard InChI is InChI=1S/C20H21N5O.C18H25N5O4.C16H18BrN5.C16H19N5.C13H17N5/c1-3-5-6-7-8-9-12-16-22-18(21)17-20(23-16)25(13-4-2)19(24-17)15-11-10-14-26-15;1-2-3-4-5-6-7-8-12-21-16(19)13-17(22-12)23(10-20-13)18-15(26)14(25)11(9-24)27-18;1-3-5-6-7-8-9-10-12-19-14(18)13-15(20-12)22(11-4-2)16(17)21-13;1-3-5-6-7-8-9-10-13-19-15(17)14-16(20-13)21(11-4-2)12-18-14;1-2-3-4-5-6-7-8-10-17-12(14)11-13(18-10)16-9-15-11/h2,10-11,14H,3,5-8,13H2,1H3,(H2,21,22,23);10-11,14-15,18,24-26H,2-6,9H2,1H3,(H2,19,21,22);2H,3,5-8,11H2,1H3,(H2,18,19,20);2,12H,3,5-8,11H2,1H3,(H2,17,19,20);9H,2-6H2,1H3,(H3,14,15,16,17,18)/t;11-,14-,15-,18?;;;/m.1.../s1. The van der Waals surface area contributed by atoms with Gasteiger partial charge in [0.2, 0.25) is 29.1 Å². The van der Waals surface area contributed by atoms with Gasteiger partial charge in [0.1, 0.15) is 34.9 Å². The molecule has 1 unspecified atom stereocenters. The van der Waals surface area contributed by atoms with Crippen LogP contribution in [0.25, 0.3) is 67.4 Å². The number of nitrogen functional groups attached to an aromatic ring is 5. The Bertz CT molecular complexity index is 5430. The number of nitrogens with two attached hydrogens (primary N) is 5. The van der Waals surface area contributed by atoms with E-state index in [1.54, 1.807) is 38.7 Å². The van der Waals surface area contributed by atoms with Crippen LogP contribution in [0.2, 0.25) is 0 Å². The number of fused-ring (bicyclic) bond motifs is 5. The minimum atomic E-state index is -1.23. The molecule has 0 aromatic carbocycles. The summed E-state index contributed by atoms with van der Waals surface area (Å²) < 4.78 is 18.4. The van der Waals surface area contributed by atoms with E-state index in [1.807, 2.05) is 6.07 Å². The number of imidazole rings is 5. The van der Waals surface area contributed by atoms with E-state index in [1.165, 1.54) is 101 Å². The van der Waals surface area contributed by atoms with E-state index in [4.69, 9.17) is 57.1 Å². The number of unbranched alkanes of at least 4 members (excludes halogenated alkanes) is 20. The maximum absolute atomic E-state index is 10.2. The third-order valence-electron chi connectivity index (χ3n) is 17.5. The van der Waals surface area contributed by atoms with Crippen molar-refractivity contribution in [3.05, 3.63) is 71.2 Å². The highest BCUT2D eigenvalue weighted by atomic mass is 79.9. The maximum atomic E-state index is 10.2. The van der Waals surface area contributed by atoms with Crippen LogP contribution in [0, 0.1) is 96.2 Å². The molecule has 1 saturated heterocycles. The zero-order valence-electron chi connectivity index (χ0n) is 65.4. The van der Waals surface area contributed by atoms with Crippen molar-refractivity contribution in [1.82, 2.24) is 98.0 Å². The Morgan fingerprint density at radius 1 is 0.465 bits per heavy atom. The molecule has 1 aliphatic heterocycles. The maximum Gasteiger partial charge on any atom is 0.209 e. The van der Waals surface area contributed by atoms with Crippen molar-refractivity contribution in [3.63, 3.8) is 0 Å². The van der Waals surface area contributed by atoms with E-state index >= 15 is 0 Å². The fraction of sp³-hybridized carbons (Fsp3) is 0.458. The minimum absolute atomic E-state index is 0.181. The van der Waals surface area contributed by atoms with E-state index in [9.17, 15) is 15.3 Å².